The molecule has 2 aromatic carbocycles. The molecule has 3 heterocycles. The number of ether oxygens (including phenoxy) is 1. The molecule has 26 heteroatoms. The summed E-state index contributed by atoms with van der Waals surface area (Å²) < 4.78 is 5.50. The van der Waals surface area contributed by atoms with Gasteiger partial charge in [-0.15, -0.1) is 0 Å². The van der Waals surface area contributed by atoms with Gasteiger partial charge in [-0.1, -0.05) is 68.3 Å². The topological polar surface area (TPSA) is 407 Å². The number of benzene rings is 2. The van der Waals surface area contributed by atoms with Crippen LogP contribution < -0.4 is 54.8 Å². The molecular formula is C54H79N15O11. The summed E-state index contributed by atoms with van der Waals surface area (Å²) >= 11 is 0. The zero-order valence-corrected chi connectivity index (χ0v) is 45.6. The van der Waals surface area contributed by atoms with E-state index >= 15 is 9.59 Å². The molecule has 7 atom stereocenters. The number of nitrogens with zero attached hydrogens (tertiary/aromatic N) is 4. The molecule has 8 amide bonds. The number of carboxylic acids is 1. The lowest BCUT2D eigenvalue weighted by atomic mass is 9.92. The summed E-state index contributed by atoms with van der Waals surface area (Å²) in [7, 11) is 0. The van der Waals surface area contributed by atoms with Crippen molar-refractivity contribution < 1.29 is 53.0 Å². The summed E-state index contributed by atoms with van der Waals surface area (Å²) in [5.41, 5.74) is 26.2. The van der Waals surface area contributed by atoms with Gasteiger partial charge in [0.1, 0.15) is 42.3 Å². The molecule has 0 saturated carbocycles. The van der Waals surface area contributed by atoms with Crippen LogP contribution in [0.2, 0.25) is 0 Å². The van der Waals surface area contributed by atoms with E-state index in [1.54, 1.807) is 12.1 Å². The van der Waals surface area contributed by atoms with Gasteiger partial charge in [0.15, 0.2) is 5.96 Å². The van der Waals surface area contributed by atoms with E-state index in [4.69, 9.17) is 27.7 Å². The molecule has 16 N–H and O–H groups in total. The summed E-state index contributed by atoms with van der Waals surface area (Å²) in [5.74, 6) is -7.85. The van der Waals surface area contributed by atoms with Gasteiger partial charge in [0.25, 0.3) is 0 Å². The van der Waals surface area contributed by atoms with Crippen LogP contribution in [0.4, 0.5) is 0 Å². The fraction of sp³-hybridized carbons (Fsp3) is 0.537. The Morgan fingerprint density at radius 2 is 1.32 bits per heavy atom. The first-order chi connectivity index (χ1) is 38.3. The van der Waals surface area contributed by atoms with E-state index in [1.165, 1.54) is 24.3 Å². The first kappa shape index (κ1) is 62.9. The molecule has 26 nitrogen and oxygen atoms in total. The van der Waals surface area contributed by atoms with Crippen LogP contribution in [0.3, 0.4) is 0 Å². The van der Waals surface area contributed by atoms with E-state index in [0.717, 1.165) is 29.8 Å². The second-order valence-corrected chi connectivity index (χ2v) is 20.1. The quantitative estimate of drug-likeness (QED) is 0.0187. The molecule has 2 aliphatic heterocycles. The number of primary amides is 1. The zero-order valence-electron chi connectivity index (χ0n) is 45.6. The van der Waals surface area contributed by atoms with Crippen molar-refractivity contribution in [2.45, 2.75) is 146 Å². The third-order valence-electron chi connectivity index (χ3n) is 13.8. The average molecular weight is 1110 g/mol. The fourth-order valence-electron chi connectivity index (χ4n) is 9.46. The van der Waals surface area contributed by atoms with E-state index < -0.39 is 102 Å². The van der Waals surface area contributed by atoms with E-state index in [9.17, 15) is 38.7 Å². The highest BCUT2D eigenvalue weighted by Crippen LogP contribution is 2.26. The van der Waals surface area contributed by atoms with Crippen molar-refractivity contribution >= 4 is 59.2 Å². The van der Waals surface area contributed by atoms with Crippen molar-refractivity contribution in [1.29, 1.82) is 0 Å². The van der Waals surface area contributed by atoms with Gasteiger partial charge >= 0.3 is 5.97 Å². The number of morpholine rings is 1. The predicted molar refractivity (Wildman–Crippen MR) is 294 cm³/mol. The Morgan fingerprint density at radius 1 is 0.725 bits per heavy atom. The molecule has 2 aliphatic rings. The lowest BCUT2D eigenvalue weighted by molar-refractivity contribution is -0.145. The second-order valence-electron chi connectivity index (χ2n) is 20.1. The number of nitrogens with one attached hydrogen (secondary N) is 7. The number of aromatic nitrogens is 2. The first-order valence-electron chi connectivity index (χ1n) is 27.1. The van der Waals surface area contributed by atoms with E-state index in [1.807, 2.05) is 43.3 Å². The van der Waals surface area contributed by atoms with E-state index in [-0.39, 0.29) is 64.0 Å². The summed E-state index contributed by atoms with van der Waals surface area (Å²) in [6.07, 6.45) is 4.33. The van der Waals surface area contributed by atoms with Crippen LogP contribution in [0, 0.1) is 0 Å². The van der Waals surface area contributed by atoms with Gasteiger partial charge in [-0.25, -0.2) is 4.98 Å². The molecular weight excluding hydrogens is 1030 g/mol. The van der Waals surface area contributed by atoms with Crippen molar-refractivity contribution in [2.24, 2.45) is 27.9 Å². The number of fused-ring (bicyclic) bond motifs is 1. The Morgan fingerprint density at radius 3 is 1.94 bits per heavy atom. The second kappa shape index (κ2) is 32.2. The summed E-state index contributed by atoms with van der Waals surface area (Å²) in [6.45, 7) is 6.80. The molecule has 1 saturated heterocycles. The third-order valence-corrected chi connectivity index (χ3v) is 13.8. The number of rotatable bonds is 32. The minimum Gasteiger partial charge on any atom is -0.481 e. The molecule has 0 aliphatic carbocycles. The number of imidazole rings is 1. The number of guanidine groups is 1. The number of H-pyrrole nitrogens is 1. The number of unbranched alkanes of at least 4 members (excludes halogenated alkanes) is 2. The highest BCUT2D eigenvalue weighted by atomic mass is 16.5. The van der Waals surface area contributed by atoms with Crippen molar-refractivity contribution in [2.75, 3.05) is 39.4 Å². The normalized spacial score (nSPS) is 16.4. The number of hydrogen-bond acceptors (Lipinski definition) is 14. The third kappa shape index (κ3) is 20.4. The van der Waals surface area contributed by atoms with Gasteiger partial charge in [0.05, 0.1) is 26.0 Å². The van der Waals surface area contributed by atoms with Crippen LogP contribution in [-0.4, -0.2) is 166 Å². The molecule has 0 spiro atoms. The summed E-state index contributed by atoms with van der Waals surface area (Å²) in [6, 6.07) is 5.29. The lowest BCUT2D eigenvalue weighted by Gasteiger charge is -2.38. The smallest absolute Gasteiger partial charge is 0.305 e. The van der Waals surface area contributed by atoms with Crippen LogP contribution in [0.25, 0.3) is 0 Å². The van der Waals surface area contributed by atoms with Gasteiger partial charge in [-0.05, 0) is 67.3 Å². The first-order valence-corrected chi connectivity index (χ1v) is 27.1. The molecule has 0 bridgehead atoms. The SMILES string of the molecule is CCCC[C@H](NC(C)=O)C(=O)N[C@@H](CC(=O)O)C(=O)N[C@@H](Cc1cnc[nH]1)C(=O)N[C@H](Cc1ccc(CN2CCOCC2)cc1)C(=O)N[C@@H](CCCN=C(N)N)C(=O)N1Cc2ccccc2C[C@H]1C(=O)N[C@@H](CCCCN)C(N)=O. The number of amides is 8. The molecule has 436 valence electrons. The number of carboxylic acid groups (broad SMARTS) is 1. The average Bonchev–Trinajstić information content (AvgIpc) is 4.01. The Hall–Kier alpha value is -7.97. The highest BCUT2D eigenvalue weighted by Gasteiger charge is 2.40. The number of aliphatic imine (C=N–C) groups is 1. The molecule has 5 rings (SSSR count). The minimum atomic E-state index is -1.72. The van der Waals surface area contributed by atoms with Crippen molar-refractivity contribution in [3.8, 4) is 0 Å². The fourth-order valence-corrected chi connectivity index (χ4v) is 9.46. The van der Waals surface area contributed by atoms with E-state index in [0.29, 0.717) is 63.2 Å². The monoisotopic (exact) mass is 1110 g/mol. The molecule has 0 radical (unpaired) electrons. The van der Waals surface area contributed by atoms with Gasteiger partial charge in [-0.3, -0.25) is 53.0 Å². The maximum atomic E-state index is 15.2. The van der Waals surface area contributed by atoms with Crippen LogP contribution in [0.1, 0.15) is 99.6 Å². The van der Waals surface area contributed by atoms with Crippen molar-refractivity contribution in [3.05, 3.63) is 89.0 Å². The lowest BCUT2D eigenvalue weighted by Crippen LogP contribution is -2.62. The number of nitrogens with two attached hydrogens (primary N) is 4. The molecule has 1 fully saturated rings. The highest BCUT2D eigenvalue weighted by molar-refractivity contribution is 5.98. The van der Waals surface area contributed by atoms with Gasteiger partial charge in [0, 0.05) is 70.8 Å². The Labute approximate surface area is 465 Å². The molecule has 80 heavy (non-hydrogen) atoms. The maximum absolute atomic E-state index is 15.2. The number of aromatic amines is 1. The van der Waals surface area contributed by atoms with Crippen LogP contribution in [0.15, 0.2) is 66.0 Å². The summed E-state index contributed by atoms with van der Waals surface area (Å²) in [4.78, 5) is 138. The van der Waals surface area contributed by atoms with Gasteiger partial charge in [0.2, 0.25) is 47.3 Å². The summed E-state index contributed by atoms with van der Waals surface area (Å²) in [5, 5.41) is 25.8. The molecule has 1 aromatic heterocycles. The predicted octanol–water partition coefficient (Wildman–Crippen LogP) is -1.76. The van der Waals surface area contributed by atoms with Gasteiger partial charge < -0.3 is 74.6 Å². The number of carbonyl (C=O) groups excluding carboxylic acids is 8. The molecule has 3 aromatic rings. The van der Waals surface area contributed by atoms with E-state index in [2.05, 4.69) is 51.8 Å². The number of aliphatic carboxylic acids is 1. The Bertz CT molecular complexity index is 2590. The standard InChI is InChI=1S/C54H79N15O11/c1-3-4-12-40(62-33(2)70)48(74)67-44(28-46(71)72)51(77)66-43(27-38-29-59-32-61-38)50(76)65-42(25-34-15-17-35(18-16-34)30-68-21-23-80-24-22-68)49(75)64-41(14-9-20-60-54(57)58)53(79)69-31-37-11-6-5-10-36(37)26-45(69)52(78)63-39(47(56)73)13-7-8-19-55/h5-6,10-11,15-18,29,32,39-45H,3-4,7-9,12-14,19-28,30-31,55H2,1-2H3,(H2,56,73)(H,59,61)(H,62,70)(H,63,78)(H,64,75)(H,65,76)(H,66,77)(H,67,74)(H,71,72)(H4,57,58,60)/t39-,40-,41-,42+,43-,44-,45-/m0/s1. The van der Waals surface area contributed by atoms with Gasteiger partial charge in [-0.2, -0.15) is 0 Å². The van der Waals surface area contributed by atoms with Crippen LogP contribution >= 0.6 is 0 Å². The largest absolute Gasteiger partial charge is 0.481 e. The van der Waals surface area contributed by atoms with Crippen molar-refractivity contribution in [3.63, 3.8) is 0 Å². The Balaban J connectivity index is 1.50. The van der Waals surface area contributed by atoms with Crippen LogP contribution in [-0.2, 0) is 80.2 Å². The minimum absolute atomic E-state index is 0.0514. The van der Waals surface area contributed by atoms with Crippen molar-refractivity contribution in [1.82, 2.24) is 51.7 Å². The maximum Gasteiger partial charge on any atom is 0.305 e. The molecule has 0 unspecified atom stereocenters. The Kier molecular flexibility index (Phi) is 25.3. The number of hydrogen-bond donors (Lipinski definition) is 12. The van der Waals surface area contributed by atoms with Crippen LogP contribution in [0.5, 0.6) is 0 Å². The number of carbonyl (C=O) groups is 9. The zero-order chi connectivity index (χ0) is 58.1.